The molecule has 15 nitrogen and oxygen atoms in total. The molecule has 0 aromatic carbocycles. The van der Waals surface area contributed by atoms with Crippen LogP contribution in [0.4, 0.5) is 17.8 Å². The average molecular weight is 285 g/mol. The number of nitrogens with zero attached hydrogens (tertiary/aromatic N) is 14. The Morgan fingerprint density at radius 3 is 2.29 bits per heavy atom. The molecular formula is C6H3N15. The summed E-state index contributed by atoms with van der Waals surface area (Å²) in [6.07, 6.45) is 1.22. The number of aromatic nitrogens is 12. The number of rotatable bonds is 2. The molecule has 4 aromatic heterocycles. The Balaban J connectivity index is 1.78. The van der Waals surface area contributed by atoms with Gasteiger partial charge in [-0.3, -0.25) is 0 Å². The quantitative estimate of drug-likeness (QED) is 0.406. The maximum atomic E-state index is 5.43. The first-order valence-electron chi connectivity index (χ1n) is 5.34. The highest BCUT2D eigenvalue weighted by molar-refractivity contribution is 5.34. The van der Waals surface area contributed by atoms with Gasteiger partial charge in [-0.15, -0.1) is 61.2 Å². The van der Waals surface area contributed by atoms with Crippen molar-refractivity contribution in [3.63, 3.8) is 0 Å². The predicted octanol–water partition coefficient (Wildman–Crippen LogP) is -1.86. The molecule has 0 radical (unpaired) electrons. The molecule has 0 amide bonds. The van der Waals surface area contributed by atoms with Crippen molar-refractivity contribution in [2.45, 2.75) is 0 Å². The molecule has 0 saturated heterocycles. The summed E-state index contributed by atoms with van der Waals surface area (Å²) in [5.74, 6) is 0.402. The van der Waals surface area contributed by atoms with Crippen LogP contribution >= 0.6 is 0 Å². The van der Waals surface area contributed by atoms with Gasteiger partial charge in [0.1, 0.15) is 0 Å². The summed E-state index contributed by atoms with van der Waals surface area (Å²) in [5, 5.41) is 44.8. The third-order valence-corrected chi connectivity index (χ3v) is 2.25. The standard InChI is InChI=1S/C6H3N15/c7-2-10-12-5-16-18-6(21(5)19-2)17-15-4-14-13-3-11-8-1-9-20(3)4/h1H,(H2,7,19). The number of anilines is 1. The molecule has 0 unspecified atom stereocenters. The van der Waals surface area contributed by atoms with Gasteiger partial charge in [0.15, 0.2) is 6.33 Å². The van der Waals surface area contributed by atoms with Gasteiger partial charge in [-0.1, -0.05) is 0 Å². The highest BCUT2D eigenvalue weighted by atomic mass is 15.5. The second-order valence-corrected chi connectivity index (χ2v) is 3.53. The van der Waals surface area contributed by atoms with Gasteiger partial charge in [0, 0.05) is 0 Å². The van der Waals surface area contributed by atoms with E-state index in [4.69, 9.17) is 5.73 Å². The van der Waals surface area contributed by atoms with Gasteiger partial charge in [0.2, 0.25) is 0 Å². The van der Waals surface area contributed by atoms with E-state index in [0.717, 1.165) is 0 Å². The van der Waals surface area contributed by atoms with E-state index < -0.39 is 0 Å². The molecule has 15 heteroatoms. The zero-order valence-corrected chi connectivity index (χ0v) is 9.92. The van der Waals surface area contributed by atoms with E-state index in [9.17, 15) is 0 Å². The Hall–Kier alpha value is -3.78. The Kier molecular flexibility index (Phi) is 2.17. The molecule has 4 heterocycles. The molecule has 102 valence electrons. The van der Waals surface area contributed by atoms with Gasteiger partial charge in [0.25, 0.3) is 29.4 Å². The number of azo groups is 1. The van der Waals surface area contributed by atoms with E-state index in [-0.39, 0.29) is 29.4 Å². The fourth-order valence-corrected chi connectivity index (χ4v) is 1.43. The van der Waals surface area contributed by atoms with Gasteiger partial charge >= 0.3 is 0 Å². The van der Waals surface area contributed by atoms with Crippen LogP contribution in [0.1, 0.15) is 0 Å². The maximum Gasteiger partial charge on any atom is 0.292 e. The molecule has 0 aliphatic heterocycles. The first-order chi connectivity index (χ1) is 10.3. The Labute approximate surface area is 113 Å². The average Bonchev–Trinajstić information content (AvgIpc) is 3.09. The smallest absolute Gasteiger partial charge is 0.292 e. The summed E-state index contributed by atoms with van der Waals surface area (Å²) >= 11 is 0. The number of nitrogens with two attached hydrogens (primary N) is 1. The van der Waals surface area contributed by atoms with Crippen molar-refractivity contribution in [1.29, 1.82) is 0 Å². The molecule has 0 spiro atoms. The van der Waals surface area contributed by atoms with Crippen LogP contribution in [0, 0.1) is 0 Å². The molecule has 0 atom stereocenters. The molecule has 0 bridgehead atoms. The first-order valence-corrected chi connectivity index (χ1v) is 5.34. The topological polar surface area (TPSA) is 188 Å². The van der Waals surface area contributed by atoms with Crippen LogP contribution in [0.15, 0.2) is 16.6 Å². The van der Waals surface area contributed by atoms with Crippen molar-refractivity contribution in [3.8, 4) is 0 Å². The highest BCUT2D eigenvalue weighted by Gasteiger charge is 2.10. The molecule has 0 aliphatic rings. The maximum absolute atomic E-state index is 5.43. The summed E-state index contributed by atoms with van der Waals surface area (Å²) in [5.41, 5.74) is 5.43. The summed E-state index contributed by atoms with van der Waals surface area (Å²) in [4.78, 5) is 0. The van der Waals surface area contributed by atoms with Crippen molar-refractivity contribution in [2.24, 2.45) is 10.2 Å². The number of hydrogen-bond acceptors (Lipinski definition) is 13. The minimum absolute atomic E-state index is 0.0466. The fraction of sp³-hybridized carbons (Fsp3) is 0. The summed E-state index contributed by atoms with van der Waals surface area (Å²) < 4.78 is 2.43. The SMILES string of the molecule is Nc1nnc2nnc(N=Nc3nnc4nncnn34)n2n1. The molecule has 2 N–H and O–H groups in total. The van der Waals surface area contributed by atoms with Crippen LogP contribution in [-0.4, -0.2) is 60.0 Å². The van der Waals surface area contributed by atoms with Crippen LogP contribution in [0.2, 0.25) is 0 Å². The van der Waals surface area contributed by atoms with E-state index >= 15 is 0 Å². The lowest BCUT2D eigenvalue weighted by molar-refractivity contribution is 0.811. The lowest BCUT2D eigenvalue weighted by Crippen LogP contribution is -2.03. The lowest BCUT2D eigenvalue weighted by atomic mass is 11.0. The monoisotopic (exact) mass is 285 g/mol. The van der Waals surface area contributed by atoms with Crippen LogP contribution in [0.5, 0.6) is 0 Å². The number of nitrogen functional groups attached to an aromatic ring is 1. The summed E-state index contributed by atoms with van der Waals surface area (Å²) in [6, 6.07) is 0. The van der Waals surface area contributed by atoms with Crippen molar-refractivity contribution in [1.82, 2.24) is 60.0 Å². The first kappa shape index (κ1) is 11.1. The van der Waals surface area contributed by atoms with Gasteiger partial charge in [-0.25, -0.2) is 0 Å². The minimum atomic E-state index is -0.0522. The van der Waals surface area contributed by atoms with Crippen LogP contribution in [0.3, 0.4) is 0 Å². The second-order valence-electron chi connectivity index (χ2n) is 3.53. The van der Waals surface area contributed by atoms with Crippen molar-refractivity contribution < 1.29 is 0 Å². The molecule has 21 heavy (non-hydrogen) atoms. The predicted molar refractivity (Wildman–Crippen MR) is 61.3 cm³/mol. The Bertz CT molecular complexity index is 963. The normalized spacial score (nSPS) is 11.8. The van der Waals surface area contributed by atoms with Crippen molar-refractivity contribution >= 4 is 29.4 Å². The molecule has 4 rings (SSSR count). The molecule has 0 aliphatic carbocycles. The largest absolute Gasteiger partial charge is 0.365 e. The Morgan fingerprint density at radius 2 is 1.48 bits per heavy atom. The van der Waals surface area contributed by atoms with Crippen LogP contribution in [-0.2, 0) is 0 Å². The lowest BCUT2D eigenvalue weighted by Gasteiger charge is -1.92. The van der Waals surface area contributed by atoms with Crippen LogP contribution in [0.25, 0.3) is 11.6 Å². The summed E-state index contributed by atoms with van der Waals surface area (Å²) in [6.45, 7) is 0. The van der Waals surface area contributed by atoms with Crippen molar-refractivity contribution in [3.05, 3.63) is 6.33 Å². The van der Waals surface area contributed by atoms with Crippen LogP contribution < -0.4 is 5.73 Å². The van der Waals surface area contributed by atoms with Gasteiger partial charge < -0.3 is 5.73 Å². The fourth-order valence-electron chi connectivity index (χ4n) is 1.43. The molecular weight excluding hydrogens is 282 g/mol. The zero-order valence-electron chi connectivity index (χ0n) is 9.92. The second kappa shape index (κ2) is 4.11. The van der Waals surface area contributed by atoms with Gasteiger partial charge in [-0.05, 0) is 0 Å². The molecule has 4 aromatic rings. The van der Waals surface area contributed by atoms with Crippen molar-refractivity contribution in [2.75, 3.05) is 5.73 Å². The van der Waals surface area contributed by atoms with E-state index in [1.165, 1.54) is 15.4 Å². The third kappa shape index (κ3) is 1.76. The van der Waals surface area contributed by atoms with E-state index in [1.807, 2.05) is 0 Å². The minimum Gasteiger partial charge on any atom is -0.365 e. The zero-order chi connectivity index (χ0) is 14.2. The van der Waals surface area contributed by atoms with Gasteiger partial charge in [-0.2, -0.15) is 9.03 Å². The third-order valence-electron chi connectivity index (χ3n) is 2.25. The number of fused-ring (bicyclic) bond motifs is 2. The van der Waals surface area contributed by atoms with Gasteiger partial charge in [0.05, 0.1) is 0 Å². The Morgan fingerprint density at radius 1 is 0.810 bits per heavy atom. The van der Waals surface area contributed by atoms with E-state index in [1.54, 1.807) is 0 Å². The molecule has 0 fully saturated rings. The summed E-state index contributed by atoms with van der Waals surface area (Å²) in [7, 11) is 0. The number of hydrogen-bond donors (Lipinski definition) is 1. The van der Waals surface area contributed by atoms with E-state index in [2.05, 4.69) is 61.2 Å². The van der Waals surface area contributed by atoms with E-state index in [0.29, 0.717) is 0 Å². The highest BCUT2D eigenvalue weighted by Crippen LogP contribution is 2.13. The molecule has 0 saturated carbocycles.